The Morgan fingerprint density at radius 3 is 2.07 bits per heavy atom. The van der Waals surface area contributed by atoms with Crippen molar-refractivity contribution in [3.05, 3.63) is 0 Å². The molecule has 0 aromatic rings. The van der Waals surface area contributed by atoms with Gasteiger partial charge in [0.25, 0.3) is 0 Å². The zero-order valence-corrected chi connectivity index (χ0v) is 11.3. The maximum Gasteiger partial charge on any atom is 1.00 e. The first-order valence-corrected chi connectivity index (χ1v) is 4.18. The average molecular weight is 259 g/mol. The van der Waals surface area contributed by atoms with E-state index in [1.165, 1.54) is 0 Å². The Labute approximate surface area is 126 Å². The van der Waals surface area contributed by atoms with Gasteiger partial charge in [0, 0.05) is 6.54 Å². The van der Waals surface area contributed by atoms with Crippen molar-refractivity contribution in [3.8, 4) is 0 Å². The molecule has 1 aliphatic heterocycles. The summed E-state index contributed by atoms with van der Waals surface area (Å²) in [5, 5.41) is 0. The van der Waals surface area contributed by atoms with Crippen LogP contribution in [0.15, 0.2) is 0 Å². The Hall–Kier alpha value is 1.24. The van der Waals surface area contributed by atoms with Crippen LogP contribution in [0.2, 0.25) is 0 Å². The molecule has 84 valence electrons. The minimum absolute atomic E-state index is 0. The van der Waals surface area contributed by atoms with Crippen molar-refractivity contribution in [3.63, 3.8) is 0 Å². The minimum atomic E-state index is -5.02. The van der Waals surface area contributed by atoms with Crippen LogP contribution in [0.1, 0.15) is 6.42 Å². The Bertz CT molecular complexity index is 205. The van der Waals surface area contributed by atoms with Crippen LogP contribution in [-0.4, -0.2) is 37.6 Å². The minimum Gasteiger partial charge on any atom is -0.448 e. The molecule has 0 N–H and O–H groups in total. The average Bonchev–Trinajstić information content (AvgIpc) is 2.29. The Morgan fingerprint density at radius 2 is 1.73 bits per heavy atom. The van der Waals surface area contributed by atoms with E-state index >= 15 is 0 Å². The molecule has 1 nitrogen and oxygen atoms in total. The van der Waals surface area contributed by atoms with Gasteiger partial charge in [-0.15, -0.1) is 0 Å². The molecule has 9 heteroatoms. The summed E-state index contributed by atoms with van der Waals surface area (Å²) in [6.45, 7) is -5.66. The van der Waals surface area contributed by atoms with Gasteiger partial charge in [-0.2, -0.15) is 13.2 Å². The zero-order valence-electron chi connectivity index (χ0n) is 8.20. The van der Waals surface area contributed by atoms with Gasteiger partial charge in [-0.05, 0) is 19.4 Å². The van der Waals surface area contributed by atoms with E-state index in [0.717, 1.165) is 4.90 Å². The molecular weight excluding hydrogens is 250 g/mol. The van der Waals surface area contributed by atoms with Crippen LogP contribution < -0.4 is 51.4 Å². The summed E-state index contributed by atoms with van der Waals surface area (Å²) < 4.78 is 71.8. The largest absolute Gasteiger partial charge is 1.00 e. The first kappa shape index (κ1) is 16.2. The maximum atomic E-state index is 12.1. The van der Waals surface area contributed by atoms with E-state index in [4.69, 9.17) is 0 Å². The predicted molar refractivity (Wildman–Crippen MR) is 39.7 cm³/mol. The molecule has 1 unspecified atom stereocenters. The molecule has 0 aromatic heterocycles. The van der Waals surface area contributed by atoms with Gasteiger partial charge < -0.3 is 17.8 Å². The summed E-state index contributed by atoms with van der Waals surface area (Å²) in [5.41, 5.74) is 0. The molecule has 1 fully saturated rings. The van der Waals surface area contributed by atoms with Crippen molar-refractivity contribution in [2.75, 3.05) is 19.5 Å². The Balaban J connectivity index is 0.00000196. The summed E-state index contributed by atoms with van der Waals surface area (Å²) in [6.07, 6.45) is -5.78. The van der Waals surface area contributed by atoms with Gasteiger partial charge in [0.05, 0.1) is 5.92 Å². The van der Waals surface area contributed by atoms with E-state index in [2.05, 4.69) is 0 Å². The summed E-state index contributed by atoms with van der Waals surface area (Å²) in [7, 11) is 0. The molecule has 1 atom stereocenters. The van der Waals surface area contributed by atoms with Gasteiger partial charge in [-0.25, -0.2) is 0 Å². The molecule has 1 saturated heterocycles. The van der Waals surface area contributed by atoms with Crippen molar-refractivity contribution < 1.29 is 77.5 Å². The van der Waals surface area contributed by atoms with Crippen molar-refractivity contribution in [1.82, 2.24) is 4.90 Å². The van der Waals surface area contributed by atoms with Gasteiger partial charge in [0.15, 0.2) is 0 Å². The standard InChI is InChI=1S/C6H9BF6N.K/c8-6(9,10)5-1-2-14(3-5)4-7(11,12)13;/h5H,1-4H2;/q-1;+1. The van der Waals surface area contributed by atoms with Gasteiger partial charge in [0.1, 0.15) is 0 Å². The van der Waals surface area contributed by atoms with Gasteiger partial charge in [-0.1, -0.05) is 0 Å². The third-order valence-corrected chi connectivity index (χ3v) is 2.20. The van der Waals surface area contributed by atoms with Crippen molar-refractivity contribution in [2.45, 2.75) is 12.6 Å². The molecule has 0 aliphatic carbocycles. The molecule has 1 aliphatic rings. The van der Waals surface area contributed by atoms with E-state index < -0.39 is 32.1 Å². The van der Waals surface area contributed by atoms with Gasteiger partial charge in [0.2, 0.25) is 0 Å². The monoisotopic (exact) mass is 259 g/mol. The number of rotatable bonds is 2. The molecule has 0 saturated carbocycles. The topological polar surface area (TPSA) is 3.24 Å². The third kappa shape index (κ3) is 5.92. The van der Waals surface area contributed by atoms with Gasteiger partial charge >= 0.3 is 64.5 Å². The molecule has 0 spiro atoms. The third-order valence-electron chi connectivity index (χ3n) is 2.20. The Morgan fingerprint density at radius 1 is 1.20 bits per heavy atom. The molecule has 0 radical (unpaired) electrons. The molecule has 1 rings (SSSR count). The predicted octanol–water partition coefficient (Wildman–Crippen LogP) is -0.739. The molecule has 1 heterocycles. The quantitative estimate of drug-likeness (QED) is 0.466. The molecule has 0 aromatic carbocycles. The first-order chi connectivity index (χ1) is 6.18. The zero-order chi connectivity index (χ0) is 11.0. The fourth-order valence-electron chi connectivity index (χ4n) is 1.56. The van der Waals surface area contributed by atoms with Crippen molar-refractivity contribution >= 4 is 6.98 Å². The number of nitrogens with zero attached hydrogens (tertiary/aromatic N) is 1. The fraction of sp³-hybridized carbons (Fsp3) is 1.00. The number of halogens is 6. The summed E-state index contributed by atoms with van der Waals surface area (Å²) in [5.74, 6) is -1.60. The van der Waals surface area contributed by atoms with E-state index in [-0.39, 0.29) is 64.4 Å². The molecule has 0 amide bonds. The Kier molecular flexibility index (Phi) is 6.20. The van der Waals surface area contributed by atoms with Crippen LogP contribution in [0.3, 0.4) is 0 Å². The second kappa shape index (κ2) is 5.72. The number of alkyl halides is 3. The van der Waals surface area contributed by atoms with Crippen LogP contribution in [0.25, 0.3) is 0 Å². The van der Waals surface area contributed by atoms with E-state index in [0.29, 0.717) is 0 Å². The van der Waals surface area contributed by atoms with Crippen LogP contribution >= 0.6 is 0 Å². The van der Waals surface area contributed by atoms with Crippen molar-refractivity contribution in [2.24, 2.45) is 5.92 Å². The number of likely N-dealkylation sites (tertiary alicyclic amines) is 1. The normalized spacial score (nSPS) is 24.0. The van der Waals surface area contributed by atoms with E-state index in [1.54, 1.807) is 0 Å². The van der Waals surface area contributed by atoms with Crippen LogP contribution in [0.4, 0.5) is 26.1 Å². The smallest absolute Gasteiger partial charge is 0.448 e. The summed E-state index contributed by atoms with van der Waals surface area (Å²) in [4.78, 5) is 0.818. The molecule has 0 bridgehead atoms. The number of hydrogen-bond acceptors (Lipinski definition) is 1. The molecule has 15 heavy (non-hydrogen) atoms. The summed E-state index contributed by atoms with van der Waals surface area (Å²) >= 11 is 0. The molecular formula is C6H9BF6KN. The van der Waals surface area contributed by atoms with E-state index in [1.807, 2.05) is 0 Å². The van der Waals surface area contributed by atoms with Gasteiger partial charge in [-0.3, -0.25) is 0 Å². The van der Waals surface area contributed by atoms with Crippen LogP contribution in [0.5, 0.6) is 0 Å². The summed E-state index contributed by atoms with van der Waals surface area (Å²) in [6, 6.07) is 0. The fourth-order valence-corrected chi connectivity index (χ4v) is 1.56. The maximum absolute atomic E-state index is 12.1. The second-order valence-electron chi connectivity index (χ2n) is 3.50. The number of hydrogen-bond donors (Lipinski definition) is 0. The SMILES string of the molecule is F[B-](F)(F)CN1CCC(C(F)(F)F)C1.[K+]. The van der Waals surface area contributed by atoms with Crippen LogP contribution in [-0.2, 0) is 0 Å². The first-order valence-electron chi connectivity index (χ1n) is 4.18. The van der Waals surface area contributed by atoms with Crippen molar-refractivity contribution in [1.29, 1.82) is 0 Å². The van der Waals surface area contributed by atoms with E-state index in [9.17, 15) is 26.1 Å². The van der Waals surface area contributed by atoms with Crippen LogP contribution in [0, 0.1) is 5.92 Å². The second-order valence-corrected chi connectivity index (χ2v) is 3.50.